The molecule has 0 aliphatic carbocycles. The highest BCUT2D eigenvalue weighted by molar-refractivity contribution is 5.35. The number of hydrogen-bond acceptors (Lipinski definition) is 4. The van der Waals surface area contributed by atoms with E-state index in [2.05, 4.69) is 16.5 Å². The number of furan rings is 1. The Hall–Kier alpha value is -2.37. The molecule has 0 amide bonds. The van der Waals surface area contributed by atoms with Gasteiger partial charge in [0, 0.05) is 25.5 Å². The SMILES string of the molecule is Cc1ccc(C(C)(O)CNCc2cccc(-n3cccn3)c2)o1. The van der Waals surface area contributed by atoms with Crippen LogP contribution in [0.4, 0.5) is 0 Å². The standard InChI is InChI=1S/C18H21N3O2/c1-14-7-8-17(23-14)18(2,22)13-19-12-15-5-3-6-16(11-15)21-10-4-9-20-21/h3-11,19,22H,12-13H2,1-2H3. The molecule has 3 rings (SSSR count). The molecular weight excluding hydrogens is 290 g/mol. The molecule has 1 aromatic carbocycles. The van der Waals surface area contributed by atoms with Crippen LogP contribution in [0.5, 0.6) is 0 Å². The topological polar surface area (TPSA) is 63.2 Å². The predicted molar refractivity (Wildman–Crippen MR) is 88.3 cm³/mol. The van der Waals surface area contributed by atoms with E-state index in [1.165, 1.54) is 0 Å². The first-order valence-electron chi connectivity index (χ1n) is 7.63. The van der Waals surface area contributed by atoms with Crippen LogP contribution in [0.3, 0.4) is 0 Å². The summed E-state index contributed by atoms with van der Waals surface area (Å²) in [6.45, 7) is 4.68. The molecule has 1 unspecified atom stereocenters. The fourth-order valence-electron chi connectivity index (χ4n) is 2.49. The molecule has 3 aromatic rings. The lowest BCUT2D eigenvalue weighted by atomic mass is 10.0. The van der Waals surface area contributed by atoms with Crippen molar-refractivity contribution < 1.29 is 9.52 Å². The second kappa shape index (κ2) is 6.40. The summed E-state index contributed by atoms with van der Waals surface area (Å²) in [6, 6.07) is 13.7. The van der Waals surface area contributed by atoms with E-state index >= 15 is 0 Å². The van der Waals surface area contributed by atoms with Gasteiger partial charge < -0.3 is 14.8 Å². The van der Waals surface area contributed by atoms with Crippen molar-refractivity contribution in [3.8, 4) is 5.69 Å². The summed E-state index contributed by atoms with van der Waals surface area (Å²) < 4.78 is 7.34. The van der Waals surface area contributed by atoms with Crippen LogP contribution < -0.4 is 5.32 Å². The Morgan fingerprint density at radius 3 is 2.83 bits per heavy atom. The van der Waals surface area contributed by atoms with Crippen molar-refractivity contribution in [1.82, 2.24) is 15.1 Å². The van der Waals surface area contributed by atoms with Gasteiger partial charge in [-0.15, -0.1) is 0 Å². The van der Waals surface area contributed by atoms with E-state index in [0.29, 0.717) is 18.8 Å². The summed E-state index contributed by atoms with van der Waals surface area (Å²) in [6.07, 6.45) is 3.67. The molecule has 0 aliphatic heterocycles. The van der Waals surface area contributed by atoms with Crippen molar-refractivity contribution in [2.24, 2.45) is 0 Å². The average Bonchev–Trinajstić information content (AvgIpc) is 3.19. The zero-order valence-electron chi connectivity index (χ0n) is 13.4. The molecule has 0 saturated carbocycles. The fourth-order valence-corrected chi connectivity index (χ4v) is 2.49. The maximum Gasteiger partial charge on any atom is 0.136 e. The van der Waals surface area contributed by atoms with Crippen LogP contribution in [-0.2, 0) is 12.1 Å². The Bertz CT molecular complexity index is 760. The lowest BCUT2D eigenvalue weighted by Crippen LogP contribution is -2.34. The molecule has 1 atom stereocenters. The van der Waals surface area contributed by atoms with E-state index < -0.39 is 5.60 Å². The van der Waals surface area contributed by atoms with Gasteiger partial charge >= 0.3 is 0 Å². The van der Waals surface area contributed by atoms with Crippen molar-refractivity contribution in [2.75, 3.05) is 6.54 Å². The van der Waals surface area contributed by atoms with Crippen molar-refractivity contribution in [2.45, 2.75) is 26.0 Å². The van der Waals surface area contributed by atoms with Crippen LogP contribution in [0.2, 0.25) is 0 Å². The molecular formula is C18H21N3O2. The van der Waals surface area contributed by atoms with Gasteiger partial charge in [-0.3, -0.25) is 0 Å². The van der Waals surface area contributed by atoms with Gasteiger partial charge in [0.2, 0.25) is 0 Å². The summed E-state index contributed by atoms with van der Waals surface area (Å²) in [5.74, 6) is 1.37. The predicted octanol–water partition coefficient (Wildman–Crippen LogP) is 2.77. The Kier molecular flexibility index (Phi) is 4.32. The lowest BCUT2D eigenvalue weighted by Gasteiger charge is -2.21. The van der Waals surface area contributed by atoms with Gasteiger partial charge in [0.15, 0.2) is 0 Å². The fraction of sp³-hybridized carbons (Fsp3) is 0.278. The number of nitrogens with one attached hydrogen (secondary N) is 1. The van der Waals surface area contributed by atoms with Gasteiger partial charge in [0.1, 0.15) is 17.1 Å². The molecule has 0 radical (unpaired) electrons. The molecule has 0 spiro atoms. The number of aromatic nitrogens is 2. The Balaban J connectivity index is 1.61. The third-order valence-corrected chi connectivity index (χ3v) is 3.75. The maximum atomic E-state index is 10.5. The van der Waals surface area contributed by atoms with Gasteiger partial charge in [0.05, 0.1) is 5.69 Å². The van der Waals surface area contributed by atoms with Crippen LogP contribution in [0, 0.1) is 6.92 Å². The number of aryl methyl sites for hydroxylation is 1. The summed E-state index contributed by atoms with van der Waals surface area (Å²) >= 11 is 0. The smallest absolute Gasteiger partial charge is 0.136 e. The molecule has 5 nitrogen and oxygen atoms in total. The van der Waals surface area contributed by atoms with Gasteiger partial charge in [-0.05, 0) is 49.7 Å². The normalized spacial score (nSPS) is 13.9. The molecule has 120 valence electrons. The van der Waals surface area contributed by atoms with Crippen LogP contribution in [0.15, 0.2) is 59.3 Å². The first-order valence-corrected chi connectivity index (χ1v) is 7.63. The molecule has 0 aliphatic rings. The Labute approximate surface area is 135 Å². The van der Waals surface area contributed by atoms with Crippen molar-refractivity contribution in [1.29, 1.82) is 0 Å². The van der Waals surface area contributed by atoms with E-state index in [1.54, 1.807) is 13.1 Å². The molecule has 0 fully saturated rings. The molecule has 2 heterocycles. The first-order chi connectivity index (χ1) is 11.0. The molecule has 5 heteroatoms. The zero-order chi connectivity index (χ0) is 16.3. The summed E-state index contributed by atoms with van der Waals surface area (Å²) in [4.78, 5) is 0. The summed E-state index contributed by atoms with van der Waals surface area (Å²) in [7, 11) is 0. The van der Waals surface area contributed by atoms with Crippen LogP contribution in [-0.4, -0.2) is 21.4 Å². The number of benzene rings is 1. The number of rotatable bonds is 6. The van der Waals surface area contributed by atoms with Gasteiger partial charge in [-0.2, -0.15) is 5.10 Å². The highest BCUT2D eigenvalue weighted by Crippen LogP contribution is 2.22. The minimum atomic E-state index is -1.03. The highest BCUT2D eigenvalue weighted by atomic mass is 16.4. The second-order valence-corrected chi connectivity index (χ2v) is 5.91. The van der Waals surface area contributed by atoms with Crippen LogP contribution >= 0.6 is 0 Å². The summed E-state index contributed by atoms with van der Waals surface area (Å²) in [5, 5.41) is 18.0. The summed E-state index contributed by atoms with van der Waals surface area (Å²) in [5.41, 5.74) is 1.11. The number of hydrogen-bond donors (Lipinski definition) is 2. The average molecular weight is 311 g/mol. The third-order valence-electron chi connectivity index (χ3n) is 3.75. The van der Waals surface area contributed by atoms with Crippen molar-refractivity contribution in [3.05, 3.63) is 71.9 Å². The molecule has 0 saturated heterocycles. The second-order valence-electron chi connectivity index (χ2n) is 5.91. The number of nitrogens with zero attached hydrogens (tertiary/aromatic N) is 2. The largest absolute Gasteiger partial charge is 0.463 e. The van der Waals surface area contributed by atoms with E-state index in [9.17, 15) is 5.11 Å². The monoisotopic (exact) mass is 311 g/mol. The Morgan fingerprint density at radius 1 is 1.26 bits per heavy atom. The highest BCUT2D eigenvalue weighted by Gasteiger charge is 2.26. The molecule has 0 bridgehead atoms. The Morgan fingerprint density at radius 2 is 2.13 bits per heavy atom. The molecule has 23 heavy (non-hydrogen) atoms. The van der Waals surface area contributed by atoms with E-state index in [-0.39, 0.29) is 0 Å². The minimum absolute atomic E-state index is 0.409. The van der Waals surface area contributed by atoms with Crippen LogP contribution in [0.25, 0.3) is 5.69 Å². The number of aliphatic hydroxyl groups is 1. The maximum absolute atomic E-state index is 10.5. The van der Waals surface area contributed by atoms with E-state index in [4.69, 9.17) is 4.42 Å². The quantitative estimate of drug-likeness (QED) is 0.735. The zero-order valence-corrected chi connectivity index (χ0v) is 13.4. The van der Waals surface area contributed by atoms with Gasteiger partial charge in [0.25, 0.3) is 0 Å². The van der Waals surface area contributed by atoms with E-state index in [1.807, 2.05) is 54.2 Å². The molecule has 2 aromatic heterocycles. The van der Waals surface area contributed by atoms with E-state index in [0.717, 1.165) is 17.0 Å². The van der Waals surface area contributed by atoms with Gasteiger partial charge in [-0.25, -0.2) is 4.68 Å². The van der Waals surface area contributed by atoms with Crippen LogP contribution in [0.1, 0.15) is 24.0 Å². The lowest BCUT2D eigenvalue weighted by molar-refractivity contribution is 0.0333. The van der Waals surface area contributed by atoms with Crippen molar-refractivity contribution >= 4 is 0 Å². The third kappa shape index (κ3) is 3.70. The molecule has 2 N–H and O–H groups in total. The first kappa shape index (κ1) is 15.5. The van der Waals surface area contributed by atoms with Gasteiger partial charge in [-0.1, -0.05) is 12.1 Å². The van der Waals surface area contributed by atoms with Crippen molar-refractivity contribution in [3.63, 3.8) is 0 Å². The minimum Gasteiger partial charge on any atom is -0.463 e.